The number of benzene rings is 3. The van der Waals surface area contributed by atoms with Crippen LogP contribution < -0.4 is 5.32 Å². The van der Waals surface area contributed by atoms with Crippen LogP contribution in [0.15, 0.2) is 78.9 Å². The minimum absolute atomic E-state index is 0.105. The number of carbonyl (C=O) groups is 2. The Balaban J connectivity index is 1.95. The van der Waals surface area contributed by atoms with Gasteiger partial charge in [-0.1, -0.05) is 96.9 Å². The summed E-state index contributed by atoms with van der Waals surface area (Å²) in [5, 5.41) is 3.58. The van der Waals surface area contributed by atoms with Crippen LogP contribution in [-0.2, 0) is 29.0 Å². The maximum absolute atomic E-state index is 13.6. The van der Waals surface area contributed by atoms with Crippen LogP contribution in [0.2, 0.25) is 5.02 Å². The Labute approximate surface area is 201 Å². The summed E-state index contributed by atoms with van der Waals surface area (Å²) in [6.07, 6.45) is 1.48. The smallest absolute Gasteiger partial charge is 0.243 e. The van der Waals surface area contributed by atoms with Crippen LogP contribution in [0.4, 0.5) is 0 Å². The van der Waals surface area contributed by atoms with Crippen molar-refractivity contribution < 1.29 is 9.59 Å². The zero-order chi connectivity index (χ0) is 23.6. The van der Waals surface area contributed by atoms with Crippen molar-refractivity contribution >= 4 is 23.4 Å². The molecule has 0 saturated carbocycles. The molecule has 0 bridgehead atoms. The fourth-order valence-electron chi connectivity index (χ4n) is 3.71. The third-order valence-electron chi connectivity index (χ3n) is 5.59. The lowest BCUT2D eigenvalue weighted by Crippen LogP contribution is -2.51. The van der Waals surface area contributed by atoms with E-state index in [-0.39, 0.29) is 24.8 Å². The molecule has 0 spiro atoms. The number of hydrogen-bond acceptors (Lipinski definition) is 2. The van der Waals surface area contributed by atoms with Crippen LogP contribution in [0.1, 0.15) is 35.6 Å². The molecule has 0 radical (unpaired) electrons. The first-order valence-corrected chi connectivity index (χ1v) is 11.8. The van der Waals surface area contributed by atoms with Crippen LogP contribution in [0.5, 0.6) is 0 Å². The number of hydrogen-bond donors (Lipinski definition) is 1. The molecule has 2 amide bonds. The Morgan fingerprint density at radius 2 is 1.58 bits per heavy atom. The Hall–Kier alpha value is -3.11. The van der Waals surface area contributed by atoms with Gasteiger partial charge in [-0.15, -0.1) is 0 Å². The molecule has 0 saturated heterocycles. The summed E-state index contributed by atoms with van der Waals surface area (Å²) >= 11 is 6.44. The highest BCUT2D eigenvalue weighted by molar-refractivity contribution is 6.31. The summed E-state index contributed by atoms with van der Waals surface area (Å²) in [5.74, 6) is -0.253. The predicted octanol–water partition coefficient (Wildman–Crippen LogP) is 5.36. The number of halogens is 1. The van der Waals surface area contributed by atoms with Gasteiger partial charge in [-0.25, -0.2) is 0 Å². The van der Waals surface area contributed by atoms with Crippen molar-refractivity contribution in [2.45, 2.75) is 45.7 Å². The number of carbonyl (C=O) groups excluding carboxylic acids is 2. The molecular formula is C28H31ClN2O2. The number of rotatable bonds is 10. The third-order valence-corrected chi connectivity index (χ3v) is 5.96. The molecule has 4 nitrogen and oxygen atoms in total. The van der Waals surface area contributed by atoms with Crippen LogP contribution >= 0.6 is 11.6 Å². The van der Waals surface area contributed by atoms with E-state index >= 15 is 0 Å². The molecule has 33 heavy (non-hydrogen) atoms. The maximum atomic E-state index is 13.6. The van der Waals surface area contributed by atoms with E-state index in [1.165, 1.54) is 0 Å². The third kappa shape index (κ3) is 7.19. The van der Waals surface area contributed by atoms with E-state index in [4.69, 9.17) is 11.6 Å². The van der Waals surface area contributed by atoms with Gasteiger partial charge in [0.25, 0.3) is 0 Å². The molecule has 0 fully saturated rings. The van der Waals surface area contributed by atoms with Gasteiger partial charge in [-0.3, -0.25) is 9.59 Å². The van der Waals surface area contributed by atoms with E-state index in [1.54, 1.807) is 4.90 Å². The molecule has 0 heterocycles. The molecule has 172 valence electrons. The van der Waals surface area contributed by atoms with Gasteiger partial charge in [0, 0.05) is 24.5 Å². The quantitative estimate of drug-likeness (QED) is 0.441. The summed E-state index contributed by atoms with van der Waals surface area (Å²) in [6, 6.07) is 24.5. The summed E-state index contributed by atoms with van der Waals surface area (Å²) in [6.45, 7) is 4.86. The fraction of sp³-hybridized carbons (Fsp3) is 0.286. The molecular weight excluding hydrogens is 432 g/mol. The van der Waals surface area contributed by atoms with Crippen LogP contribution in [-0.4, -0.2) is 29.3 Å². The van der Waals surface area contributed by atoms with Crippen LogP contribution in [0.3, 0.4) is 0 Å². The minimum atomic E-state index is -0.645. The Kier molecular flexibility index (Phi) is 9.08. The van der Waals surface area contributed by atoms with E-state index in [0.29, 0.717) is 18.0 Å². The molecule has 3 aromatic rings. The zero-order valence-electron chi connectivity index (χ0n) is 19.3. The Morgan fingerprint density at radius 3 is 2.24 bits per heavy atom. The average Bonchev–Trinajstić information content (AvgIpc) is 2.83. The largest absolute Gasteiger partial charge is 0.354 e. The first-order valence-electron chi connectivity index (χ1n) is 11.4. The molecule has 0 aliphatic rings. The minimum Gasteiger partial charge on any atom is -0.354 e. The fourth-order valence-corrected chi connectivity index (χ4v) is 3.91. The van der Waals surface area contributed by atoms with Gasteiger partial charge >= 0.3 is 0 Å². The van der Waals surface area contributed by atoms with Crippen molar-refractivity contribution in [1.82, 2.24) is 10.2 Å². The van der Waals surface area contributed by atoms with Gasteiger partial charge in [0.2, 0.25) is 11.8 Å². The van der Waals surface area contributed by atoms with E-state index in [2.05, 4.69) is 5.32 Å². The van der Waals surface area contributed by atoms with Crippen molar-refractivity contribution in [3.05, 3.63) is 106 Å². The number of amides is 2. The number of aryl methyl sites for hydroxylation is 1. The van der Waals surface area contributed by atoms with Gasteiger partial charge in [0.05, 0.1) is 6.42 Å². The van der Waals surface area contributed by atoms with Gasteiger partial charge in [0.15, 0.2) is 0 Å². The molecule has 3 rings (SSSR count). The standard InChI is InChI=1S/C28H31ClN2O2/c1-3-17-30-28(33)26(18-22-9-5-4-6-10-22)31(20-24-11-7-8-12-25(24)29)27(32)19-23-15-13-21(2)14-16-23/h4-16,26H,3,17-20H2,1-2H3,(H,30,33)/t26-/m0/s1. The van der Waals surface area contributed by atoms with Crippen molar-refractivity contribution in [3.63, 3.8) is 0 Å². The maximum Gasteiger partial charge on any atom is 0.243 e. The van der Waals surface area contributed by atoms with Crippen LogP contribution in [0, 0.1) is 6.92 Å². The highest BCUT2D eigenvalue weighted by atomic mass is 35.5. The second kappa shape index (κ2) is 12.2. The van der Waals surface area contributed by atoms with E-state index in [1.807, 2.05) is 92.7 Å². The lowest BCUT2D eigenvalue weighted by molar-refractivity contribution is -0.140. The summed E-state index contributed by atoms with van der Waals surface area (Å²) in [5.41, 5.74) is 3.88. The molecule has 3 aromatic carbocycles. The summed E-state index contributed by atoms with van der Waals surface area (Å²) in [7, 11) is 0. The van der Waals surface area contributed by atoms with Gasteiger partial charge in [-0.2, -0.15) is 0 Å². The zero-order valence-corrected chi connectivity index (χ0v) is 20.0. The number of nitrogens with one attached hydrogen (secondary N) is 1. The second-order valence-corrected chi connectivity index (χ2v) is 8.68. The first kappa shape index (κ1) is 24.5. The van der Waals surface area contributed by atoms with Crippen LogP contribution in [0.25, 0.3) is 0 Å². The molecule has 0 aliphatic carbocycles. The summed E-state index contributed by atoms with van der Waals surface area (Å²) in [4.78, 5) is 28.6. The van der Waals surface area contributed by atoms with Gasteiger partial charge in [-0.05, 0) is 36.1 Å². The molecule has 0 unspecified atom stereocenters. The van der Waals surface area contributed by atoms with Crippen molar-refractivity contribution in [2.75, 3.05) is 6.54 Å². The molecule has 0 aromatic heterocycles. The Bertz CT molecular complexity index is 1050. The second-order valence-electron chi connectivity index (χ2n) is 8.27. The van der Waals surface area contributed by atoms with Crippen molar-refractivity contribution in [3.8, 4) is 0 Å². The lowest BCUT2D eigenvalue weighted by atomic mass is 10.0. The highest BCUT2D eigenvalue weighted by Crippen LogP contribution is 2.21. The predicted molar refractivity (Wildman–Crippen MR) is 134 cm³/mol. The molecule has 5 heteroatoms. The normalized spacial score (nSPS) is 11.6. The van der Waals surface area contributed by atoms with E-state index in [9.17, 15) is 9.59 Å². The van der Waals surface area contributed by atoms with Gasteiger partial charge < -0.3 is 10.2 Å². The van der Waals surface area contributed by atoms with Crippen molar-refractivity contribution in [2.24, 2.45) is 0 Å². The first-order chi connectivity index (χ1) is 16.0. The lowest BCUT2D eigenvalue weighted by Gasteiger charge is -2.32. The Morgan fingerprint density at radius 1 is 0.909 bits per heavy atom. The SMILES string of the molecule is CCCNC(=O)[C@H](Cc1ccccc1)N(Cc1ccccc1Cl)C(=O)Cc1ccc(C)cc1. The average molecular weight is 463 g/mol. The highest BCUT2D eigenvalue weighted by Gasteiger charge is 2.30. The van der Waals surface area contributed by atoms with Gasteiger partial charge in [0.1, 0.15) is 6.04 Å². The van der Waals surface area contributed by atoms with E-state index in [0.717, 1.165) is 28.7 Å². The van der Waals surface area contributed by atoms with Crippen molar-refractivity contribution in [1.29, 1.82) is 0 Å². The number of nitrogens with zero attached hydrogens (tertiary/aromatic N) is 1. The molecule has 0 aliphatic heterocycles. The monoisotopic (exact) mass is 462 g/mol. The molecule has 1 atom stereocenters. The van der Waals surface area contributed by atoms with E-state index < -0.39 is 6.04 Å². The molecule has 1 N–H and O–H groups in total. The topological polar surface area (TPSA) is 49.4 Å². The summed E-state index contributed by atoms with van der Waals surface area (Å²) < 4.78 is 0.